The zero-order chi connectivity index (χ0) is 15.7. The van der Waals surface area contributed by atoms with E-state index >= 15 is 0 Å². The Labute approximate surface area is 127 Å². The fraction of sp³-hybridized carbons (Fsp3) is 0.786. The lowest BCUT2D eigenvalue weighted by Crippen LogP contribution is -2.46. The number of aromatic amines is 1. The quantitative estimate of drug-likeness (QED) is 0.883. The second-order valence-electron chi connectivity index (χ2n) is 6.84. The highest BCUT2D eigenvalue weighted by molar-refractivity contribution is 7.89. The van der Waals surface area contributed by atoms with Crippen molar-refractivity contribution in [2.45, 2.75) is 51.1 Å². The number of H-pyrrole nitrogens is 1. The largest absolute Gasteiger partial charge is 0.332 e. The normalized spacial score (nSPS) is 21.6. The van der Waals surface area contributed by atoms with Crippen LogP contribution in [0.2, 0.25) is 0 Å². The third-order valence-electron chi connectivity index (χ3n) is 3.70. The first-order valence-electron chi connectivity index (χ1n) is 7.45. The topological polar surface area (TPSA) is 78.1 Å². The third-order valence-corrected chi connectivity index (χ3v) is 5.47. The number of sulfonamides is 1. The Balaban J connectivity index is 2.03. The number of aryl methyl sites for hydroxylation is 1. The summed E-state index contributed by atoms with van der Waals surface area (Å²) < 4.78 is 26.7. The van der Waals surface area contributed by atoms with E-state index in [1.165, 1.54) is 6.20 Å². The van der Waals surface area contributed by atoms with E-state index in [-0.39, 0.29) is 10.6 Å². The Morgan fingerprint density at radius 1 is 1.48 bits per heavy atom. The summed E-state index contributed by atoms with van der Waals surface area (Å²) in [5.41, 5.74) is 0.0572. The van der Waals surface area contributed by atoms with Gasteiger partial charge in [0.25, 0.3) is 10.0 Å². The fourth-order valence-corrected chi connectivity index (χ4v) is 4.05. The van der Waals surface area contributed by atoms with Crippen LogP contribution in [0.3, 0.4) is 0 Å². The molecule has 7 heteroatoms. The lowest BCUT2D eigenvalue weighted by molar-refractivity contribution is 0.244. The van der Waals surface area contributed by atoms with Crippen LogP contribution < -0.4 is 5.32 Å². The molecule has 1 aliphatic heterocycles. The Morgan fingerprint density at radius 2 is 2.19 bits per heavy atom. The Kier molecular flexibility index (Phi) is 4.75. The first-order chi connectivity index (χ1) is 9.68. The molecule has 0 aliphatic carbocycles. The fourth-order valence-electron chi connectivity index (χ4n) is 2.53. The summed E-state index contributed by atoms with van der Waals surface area (Å²) in [6.45, 7) is 10.1. The van der Waals surface area contributed by atoms with Crippen LogP contribution >= 0.6 is 0 Å². The van der Waals surface area contributed by atoms with Gasteiger partial charge in [-0.2, -0.15) is 4.31 Å². The zero-order valence-corrected chi connectivity index (χ0v) is 14.1. The first kappa shape index (κ1) is 16.5. The Hall–Kier alpha value is -0.920. The van der Waals surface area contributed by atoms with Crippen molar-refractivity contribution in [2.75, 3.05) is 19.6 Å². The van der Waals surface area contributed by atoms with E-state index in [0.717, 1.165) is 19.4 Å². The molecule has 120 valence electrons. The summed E-state index contributed by atoms with van der Waals surface area (Å²) in [4.78, 5) is 6.82. The van der Waals surface area contributed by atoms with E-state index in [1.54, 1.807) is 11.2 Å². The predicted octanol–water partition coefficient (Wildman–Crippen LogP) is 1.51. The van der Waals surface area contributed by atoms with E-state index in [4.69, 9.17) is 0 Å². The van der Waals surface area contributed by atoms with Crippen LogP contribution in [0.5, 0.6) is 0 Å². The second kappa shape index (κ2) is 6.06. The van der Waals surface area contributed by atoms with E-state index in [2.05, 4.69) is 36.1 Å². The maximum Gasteiger partial charge on any atom is 0.260 e. The minimum Gasteiger partial charge on any atom is -0.332 e. The minimum absolute atomic E-state index is 0.0572. The van der Waals surface area contributed by atoms with Crippen LogP contribution in [0.1, 0.15) is 39.4 Å². The molecular formula is C14H26N4O2S. The molecule has 2 N–H and O–H groups in total. The standard InChI is InChI=1S/C14H26N4O2S/c1-11-15-9-13(17-11)21(19,20)18-7-5-6-12(10-18)8-16-14(2,3)4/h9,12,16H,5-8,10H2,1-4H3,(H,15,17). The number of aromatic nitrogens is 2. The number of rotatable bonds is 4. The Morgan fingerprint density at radius 3 is 2.76 bits per heavy atom. The molecule has 2 heterocycles. The van der Waals surface area contributed by atoms with Gasteiger partial charge in [-0.3, -0.25) is 0 Å². The van der Waals surface area contributed by atoms with Crippen molar-refractivity contribution >= 4 is 10.0 Å². The number of hydrogen-bond donors (Lipinski definition) is 2. The summed E-state index contributed by atoms with van der Waals surface area (Å²) in [6.07, 6.45) is 3.38. The van der Waals surface area contributed by atoms with Crippen LogP contribution in [-0.2, 0) is 10.0 Å². The molecule has 0 bridgehead atoms. The molecule has 2 rings (SSSR count). The highest BCUT2D eigenvalue weighted by atomic mass is 32.2. The lowest BCUT2D eigenvalue weighted by atomic mass is 9.98. The van der Waals surface area contributed by atoms with Gasteiger partial charge in [-0.25, -0.2) is 13.4 Å². The van der Waals surface area contributed by atoms with Gasteiger partial charge < -0.3 is 10.3 Å². The van der Waals surface area contributed by atoms with Crippen LogP contribution in [-0.4, -0.2) is 47.9 Å². The summed E-state index contributed by atoms with van der Waals surface area (Å²) in [6, 6.07) is 0. The van der Waals surface area contributed by atoms with Crippen LogP contribution in [0.25, 0.3) is 0 Å². The first-order valence-corrected chi connectivity index (χ1v) is 8.89. The number of imidazole rings is 1. The molecule has 1 aliphatic rings. The van der Waals surface area contributed by atoms with E-state index in [9.17, 15) is 8.42 Å². The molecule has 1 fully saturated rings. The Bertz CT molecular complexity index is 574. The number of piperidine rings is 1. The second-order valence-corrected chi connectivity index (χ2v) is 8.74. The monoisotopic (exact) mass is 314 g/mol. The number of nitrogens with zero attached hydrogens (tertiary/aromatic N) is 2. The molecule has 1 aromatic rings. The average Bonchev–Trinajstić information content (AvgIpc) is 2.83. The highest BCUT2D eigenvalue weighted by Gasteiger charge is 2.31. The van der Waals surface area contributed by atoms with Crippen LogP contribution in [0.4, 0.5) is 0 Å². The molecule has 21 heavy (non-hydrogen) atoms. The summed E-state index contributed by atoms with van der Waals surface area (Å²) in [5.74, 6) is 0.980. The molecule has 1 saturated heterocycles. The molecule has 1 aromatic heterocycles. The lowest BCUT2D eigenvalue weighted by Gasteiger charge is -2.33. The summed E-state index contributed by atoms with van der Waals surface area (Å²) in [5, 5.41) is 3.66. The van der Waals surface area contributed by atoms with Crippen LogP contribution in [0, 0.1) is 12.8 Å². The smallest absolute Gasteiger partial charge is 0.260 e. The van der Waals surface area contributed by atoms with Crippen molar-refractivity contribution in [1.29, 1.82) is 0 Å². The van der Waals surface area contributed by atoms with Crippen molar-refractivity contribution in [3.8, 4) is 0 Å². The molecule has 1 atom stereocenters. The van der Waals surface area contributed by atoms with Gasteiger partial charge in [-0.15, -0.1) is 0 Å². The van der Waals surface area contributed by atoms with Crippen molar-refractivity contribution < 1.29 is 8.42 Å². The van der Waals surface area contributed by atoms with Crippen LogP contribution in [0.15, 0.2) is 11.2 Å². The molecule has 1 unspecified atom stereocenters. The molecule has 0 amide bonds. The molecule has 0 saturated carbocycles. The van der Waals surface area contributed by atoms with Gasteiger partial charge >= 0.3 is 0 Å². The van der Waals surface area contributed by atoms with Crippen molar-refractivity contribution in [1.82, 2.24) is 19.6 Å². The van der Waals surface area contributed by atoms with Gasteiger partial charge in [-0.1, -0.05) is 0 Å². The summed E-state index contributed by atoms with van der Waals surface area (Å²) >= 11 is 0. The van der Waals surface area contributed by atoms with E-state index in [0.29, 0.717) is 24.8 Å². The molecule has 0 spiro atoms. The number of hydrogen-bond acceptors (Lipinski definition) is 4. The van der Waals surface area contributed by atoms with Gasteiger partial charge in [0.2, 0.25) is 0 Å². The van der Waals surface area contributed by atoms with Crippen molar-refractivity contribution in [2.24, 2.45) is 5.92 Å². The van der Waals surface area contributed by atoms with Crippen molar-refractivity contribution in [3.63, 3.8) is 0 Å². The number of nitrogens with one attached hydrogen (secondary N) is 2. The molecule has 6 nitrogen and oxygen atoms in total. The van der Waals surface area contributed by atoms with Gasteiger partial charge in [0, 0.05) is 18.6 Å². The maximum absolute atomic E-state index is 12.6. The molecule has 0 radical (unpaired) electrons. The minimum atomic E-state index is -3.44. The zero-order valence-electron chi connectivity index (χ0n) is 13.3. The molecular weight excluding hydrogens is 288 g/mol. The maximum atomic E-state index is 12.6. The van der Waals surface area contributed by atoms with E-state index < -0.39 is 10.0 Å². The van der Waals surface area contributed by atoms with Gasteiger partial charge in [0.15, 0.2) is 5.03 Å². The van der Waals surface area contributed by atoms with Gasteiger partial charge in [0.1, 0.15) is 5.82 Å². The molecule has 0 aromatic carbocycles. The third kappa shape index (κ3) is 4.28. The van der Waals surface area contributed by atoms with Gasteiger partial charge in [-0.05, 0) is 53.0 Å². The van der Waals surface area contributed by atoms with Crippen molar-refractivity contribution in [3.05, 3.63) is 12.0 Å². The predicted molar refractivity (Wildman–Crippen MR) is 82.6 cm³/mol. The van der Waals surface area contributed by atoms with E-state index in [1.807, 2.05) is 0 Å². The summed E-state index contributed by atoms with van der Waals surface area (Å²) in [7, 11) is -3.44. The SMILES string of the molecule is Cc1ncc(S(=O)(=O)N2CCCC(CNC(C)(C)C)C2)[nH]1. The average molecular weight is 314 g/mol. The highest BCUT2D eigenvalue weighted by Crippen LogP contribution is 2.23. The van der Waals surface area contributed by atoms with Gasteiger partial charge in [0.05, 0.1) is 6.20 Å².